The number of hydrogen-bond donors (Lipinski definition) is 0. The number of fused-ring (bicyclic) bond motifs is 4. The van der Waals surface area contributed by atoms with Crippen LogP contribution in [0.1, 0.15) is 44.6 Å². The number of piperidine rings is 1. The second-order valence-electron chi connectivity index (χ2n) is 11.3. The van der Waals surface area contributed by atoms with Crippen LogP contribution >= 0.6 is 0 Å². The average molecular weight is 511 g/mol. The van der Waals surface area contributed by atoms with Gasteiger partial charge in [-0.25, -0.2) is 0 Å². The fourth-order valence-electron chi connectivity index (χ4n) is 7.13. The molecule has 6 aliphatic rings. The minimum Gasteiger partial charge on any atom is -0.493 e. The van der Waals surface area contributed by atoms with Crippen LogP contribution in [0.15, 0.2) is 82.9 Å². The number of benzene rings is 1. The highest BCUT2D eigenvalue weighted by Crippen LogP contribution is 2.53. The standard InChI is InChI=1S/C32H34N2O4/c1-21-8-7-9-23(30(35)33-15-5-2-6-16-33)24(21)19-34-27-11-4-3-10-25(27)32(31(34)36)20-38-29-18-28-22(14-17-37-28)12-13-26(29)32/h3-4,7-12,18,21,24H,2,5-6,13-17,19-20H2,1H3. The lowest BCUT2D eigenvalue weighted by Crippen LogP contribution is -2.46. The van der Waals surface area contributed by atoms with E-state index in [4.69, 9.17) is 9.47 Å². The Morgan fingerprint density at radius 3 is 2.84 bits per heavy atom. The molecular formula is C32H34N2O4. The van der Waals surface area contributed by atoms with Gasteiger partial charge in [-0.3, -0.25) is 9.59 Å². The molecule has 0 aromatic heterocycles. The zero-order valence-electron chi connectivity index (χ0n) is 21.9. The number of carbonyl (C=O) groups excluding carboxylic acids is 2. The van der Waals surface area contributed by atoms with Crippen LogP contribution in [0.3, 0.4) is 0 Å². The summed E-state index contributed by atoms with van der Waals surface area (Å²) in [4.78, 5) is 32.2. The highest BCUT2D eigenvalue weighted by molar-refractivity contribution is 6.11. The average Bonchev–Trinajstić information content (AvgIpc) is 3.58. The lowest BCUT2D eigenvalue weighted by atomic mass is 9.75. The Hall–Kier alpha value is -3.54. The number of para-hydroxylation sites is 1. The second kappa shape index (κ2) is 9.04. The SMILES string of the molecule is CC1C=CC=C(C(=O)N2CCCCC2)C1CN1C(=O)C2(COC3=C2CC=C2CCOC2=C3)c2ccccc21. The molecule has 6 heteroatoms. The van der Waals surface area contributed by atoms with Gasteiger partial charge in [0, 0.05) is 49.3 Å². The Labute approximate surface area is 224 Å². The highest BCUT2D eigenvalue weighted by atomic mass is 16.5. The first-order chi connectivity index (χ1) is 18.6. The smallest absolute Gasteiger partial charge is 0.250 e. The van der Waals surface area contributed by atoms with Gasteiger partial charge in [-0.05, 0) is 54.4 Å². The first-order valence-corrected chi connectivity index (χ1v) is 14.1. The lowest BCUT2D eigenvalue weighted by Gasteiger charge is -2.35. The second-order valence-corrected chi connectivity index (χ2v) is 11.3. The maximum Gasteiger partial charge on any atom is 0.250 e. The van der Waals surface area contributed by atoms with E-state index in [-0.39, 0.29) is 23.7 Å². The van der Waals surface area contributed by atoms with Gasteiger partial charge in [0.05, 0.1) is 6.61 Å². The molecule has 0 bridgehead atoms. The predicted octanol–water partition coefficient (Wildman–Crippen LogP) is 4.95. The van der Waals surface area contributed by atoms with E-state index in [1.807, 2.05) is 46.2 Å². The number of ether oxygens (including phenoxy) is 2. The molecule has 4 aliphatic heterocycles. The van der Waals surface area contributed by atoms with Crippen LogP contribution in [0.4, 0.5) is 5.69 Å². The maximum absolute atomic E-state index is 14.6. The minimum atomic E-state index is -0.840. The lowest BCUT2D eigenvalue weighted by molar-refractivity contribution is -0.129. The van der Waals surface area contributed by atoms with Crippen LogP contribution < -0.4 is 4.90 Å². The van der Waals surface area contributed by atoms with Crippen molar-refractivity contribution in [1.29, 1.82) is 0 Å². The van der Waals surface area contributed by atoms with E-state index in [9.17, 15) is 9.59 Å². The number of nitrogens with zero attached hydrogens (tertiary/aromatic N) is 2. The van der Waals surface area contributed by atoms with Crippen LogP contribution in [-0.2, 0) is 24.5 Å². The summed E-state index contributed by atoms with van der Waals surface area (Å²) >= 11 is 0. The van der Waals surface area contributed by atoms with Gasteiger partial charge >= 0.3 is 0 Å². The maximum atomic E-state index is 14.6. The molecule has 3 atom stereocenters. The Balaban J connectivity index is 1.24. The molecule has 1 aromatic rings. The Morgan fingerprint density at radius 2 is 1.97 bits per heavy atom. The summed E-state index contributed by atoms with van der Waals surface area (Å²) in [6, 6.07) is 8.14. The Morgan fingerprint density at radius 1 is 1.13 bits per heavy atom. The number of likely N-dealkylation sites (tertiary alicyclic amines) is 1. The molecule has 1 aromatic carbocycles. The molecule has 38 heavy (non-hydrogen) atoms. The van der Waals surface area contributed by atoms with Crippen molar-refractivity contribution in [2.75, 3.05) is 37.7 Å². The van der Waals surface area contributed by atoms with Crippen LogP contribution in [0.25, 0.3) is 0 Å². The van der Waals surface area contributed by atoms with Crippen LogP contribution in [-0.4, -0.2) is 49.6 Å². The van der Waals surface area contributed by atoms with Gasteiger partial charge in [-0.15, -0.1) is 0 Å². The topological polar surface area (TPSA) is 59.1 Å². The molecule has 4 heterocycles. The molecule has 1 spiro atoms. The quantitative estimate of drug-likeness (QED) is 0.577. The molecule has 6 nitrogen and oxygen atoms in total. The van der Waals surface area contributed by atoms with Crippen LogP contribution in [0.2, 0.25) is 0 Å². The highest BCUT2D eigenvalue weighted by Gasteiger charge is 2.58. The monoisotopic (exact) mass is 510 g/mol. The van der Waals surface area contributed by atoms with Gasteiger partial charge in [0.1, 0.15) is 23.5 Å². The van der Waals surface area contributed by atoms with E-state index in [0.717, 1.165) is 66.3 Å². The summed E-state index contributed by atoms with van der Waals surface area (Å²) < 4.78 is 12.1. The molecule has 0 saturated carbocycles. The molecule has 196 valence electrons. The number of rotatable bonds is 3. The van der Waals surface area contributed by atoms with Gasteiger partial charge in [0.15, 0.2) is 0 Å². The van der Waals surface area contributed by atoms with Crippen LogP contribution in [0, 0.1) is 11.8 Å². The van der Waals surface area contributed by atoms with E-state index in [0.29, 0.717) is 26.2 Å². The van der Waals surface area contributed by atoms with Crippen molar-refractivity contribution in [3.05, 3.63) is 88.4 Å². The van der Waals surface area contributed by atoms with E-state index in [2.05, 4.69) is 25.1 Å². The van der Waals surface area contributed by atoms with Crippen molar-refractivity contribution in [3.8, 4) is 0 Å². The third-order valence-electron chi connectivity index (χ3n) is 9.28. The molecule has 2 fully saturated rings. The van der Waals surface area contributed by atoms with Gasteiger partial charge in [-0.1, -0.05) is 49.4 Å². The number of carbonyl (C=O) groups is 2. The van der Waals surface area contributed by atoms with Gasteiger partial charge in [0.25, 0.3) is 0 Å². The molecule has 0 N–H and O–H groups in total. The van der Waals surface area contributed by atoms with Gasteiger partial charge in [0.2, 0.25) is 11.8 Å². The Bertz CT molecular complexity index is 1360. The normalized spacial score (nSPS) is 29.7. The number of anilines is 1. The summed E-state index contributed by atoms with van der Waals surface area (Å²) in [6.07, 6.45) is 15.2. The summed E-state index contributed by atoms with van der Waals surface area (Å²) in [7, 11) is 0. The van der Waals surface area contributed by atoms with Crippen LogP contribution in [0.5, 0.6) is 0 Å². The minimum absolute atomic E-state index is 0.0556. The van der Waals surface area contributed by atoms with E-state index in [1.54, 1.807) is 0 Å². The summed E-state index contributed by atoms with van der Waals surface area (Å²) in [5.41, 5.74) is 4.14. The van der Waals surface area contributed by atoms with Gasteiger partial charge < -0.3 is 19.3 Å². The number of allylic oxidation sites excluding steroid dienone is 6. The predicted molar refractivity (Wildman–Crippen MR) is 145 cm³/mol. The summed E-state index contributed by atoms with van der Waals surface area (Å²) in [6.45, 7) is 5.26. The largest absolute Gasteiger partial charge is 0.493 e. The molecule has 2 amide bonds. The summed E-state index contributed by atoms with van der Waals surface area (Å²) in [5.74, 6) is 1.91. The molecule has 2 aliphatic carbocycles. The van der Waals surface area contributed by atoms with E-state index in [1.165, 1.54) is 12.0 Å². The fourth-order valence-corrected chi connectivity index (χ4v) is 7.13. The van der Waals surface area contributed by atoms with Crippen molar-refractivity contribution in [2.24, 2.45) is 11.8 Å². The zero-order chi connectivity index (χ0) is 25.9. The third-order valence-corrected chi connectivity index (χ3v) is 9.28. The van der Waals surface area contributed by atoms with Crippen molar-refractivity contribution in [1.82, 2.24) is 4.90 Å². The fraction of sp³-hybridized carbons (Fsp3) is 0.438. The Kier molecular flexibility index (Phi) is 5.60. The molecule has 3 unspecified atom stereocenters. The van der Waals surface area contributed by atoms with Crippen molar-refractivity contribution < 1.29 is 19.1 Å². The van der Waals surface area contributed by atoms with Crippen molar-refractivity contribution >= 4 is 17.5 Å². The molecule has 0 radical (unpaired) electrons. The zero-order valence-corrected chi connectivity index (χ0v) is 21.9. The van der Waals surface area contributed by atoms with E-state index < -0.39 is 5.41 Å². The van der Waals surface area contributed by atoms with Crippen molar-refractivity contribution in [2.45, 2.75) is 44.4 Å². The molecule has 2 saturated heterocycles. The molecular weight excluding hydrogens is 476 g/mol. The van der Waals surface area contributed by atoms with Gasteiger partial charge in [-0.2, -0.15) is 0 Å². The van der Waals surface area contributed by atoms with Crippen molar-refractivity contribution in [3.63, 3.8) is 0 Å². The first-order valence-electron chi connectivity index (χ1n) is 14.1. The molecule has 7 rings (SSSR count). The van der Waals surface area contributed by atoms with E-state index >= 15 is 0 Å². The third kappa shape index (κ3) is 3.45. The summed E-state index contributed by atoms with van der Waals surface area (Å²) in [5, 5.41) is 0. The first kappa shape index (κ1) is 23.6. The number of hydrogen-bond acceptors (Lipinski definition) is 4. The number of amides is 2.